The van der Waals surface area contributed by atoms with Crippen molar-refractivity contribution >= 4 is 27.6 Å². The summed E-state index contributed by atoms with van der Waals surface area (Å²) in [7, 11) is 0. The van der Waals surface area contributed by atoms with Gasteiger partial charge < -0.3 is 19.5 Å². The average Bonchev–Trinajstić information content (AvgIpc) is 3.74. The first-order chi connectivity index (χ1) is 24.3. The van der Waals surface area contributed by atoms with Crippen LogP contribution in [0.2, 0.25) is 0 Å². The maximum atomic E-state index is 17.1. The lowest BCUT2D eigenvalue weighted by atomic mass is 9.80. The molecule has 4 aliphatic rings. The van der Waals surface area contributed by atoms with E-state index in [1.54, 1.807) is 12.4 Å². The van der Waals surface area contributed by atoms with E-state index in [1.165, 1.54) is 5.56 Å². The summed E-state index contributed by atoms with van der Waals surface area (Å²) in [5.74, 6) is 0.430. The molecule has 4 fully saturated rings. The van der Waals surface area contributed by atoms with E-state index < -0.39 is 11.4 Å². The van der Waals surface area contributed by atoms with Crippen LogP contribution in [-0.4, -0.2) is 85.2 Å². The Morgan fingerprint density at radius 1 is 1.06 bits per heavy atom. The third-order valence-corrected chi connectivity index (χ3v) is 11.4. The number of nitrogens with zero attached hydrogens (tertiary/aromatic N) is 6. The molecule has 260 valence electrons. The molecule has 2 N–H and O–H groups in total. The van der Waals surface area contributed by atoms with E-state index >= 15 is 4.39 Å². The molecule has 3 atom stereocenters. The van der Waals surface area contributed by atoms with Crippen molar-refractivity contribution in [3.8, 4) is 17.3 Å². The van der Waals surface area contributed by atoms with Crippen LogP contribution >= 0.6 is 0 Å². The van der Waals surface area contributed by atoms with Crippen molar-refractivity contribution in [1.82, 2.24) is 30.0 Å². The van der Waals surface area contributed by atoms with Gasteiger partial charge in [-0.15, -0.1) is 0 Å². The second kappa shape index (κ2) is 12.2. The van der Waals surface area contributed by atoms with Gasteiger partial charge in [0.2, 0.25) is 0 Å². The van der Waals surface area contributed by atoms with Gasteiger partial charge in [-0.2, -0.15) is 15.1 Å². The third-order valence-electron chi connectivity index (χ3n) is 11.4. The van der Waals surface area contributed by atoms with Gasteiger partial charge in [-0.25, -0.2) is 4.39 Å². The number of hydrogen-bond acceptors (Lipinski definition) is 9. The Labute approximate surface area is 291 Å². The average molecular weight is 678 g/mol. The zero-order chi connectivity index (χ0) is 34.0. The fraction of sp³-hybridized carbons (Fsp3) is 0.487. The molecule has 3 aromatic heterocycles. The number of aromatic amines is 1. The minimum absolute atomic E-state index is 0.108. The molecule has 50 heavy (non-hydrogen) atoms. The van der Waals surface area contributed by atoms with E-state index in [1.807, 2.05) is 30.0 Å². The largest absolute Gasteiger partial charge is 0.461 e. The number of nitrogens with one attached hydrogen (secondary N) is 1. The molecule has 0 spiro atoms. The van der Waals surface area contributed by atoms with Crippen LogP contribution in [-0.2, 0) is 11.3 Å². The van der Waals surface area contributed by atoms with Crippen LogP contribution < -0.4 is 9.64 Å². The van der Waals surface area contributed by atoms with E-state index in [-0.39, 0.29) is 22.8 Å². The van der Waals surface area contributed by atoms with Crippen molar-refractivity contribution in [2.24, 2.45) is 0 Å². The molecule has 3 saturated heterocycles. The number of aromatic nitrogens is 5. The van der Waals surface area contributed by atoms with Gasteiger partial charge in [0.1, 0.15) is 23.6 Å². The number of aliphatic hydroxyl groups is 1. The van der Waals surface area contributed by atoms with Crippen LogP contribution in [0.5, 0.6) is 6.01 Å². The number of aryl methyl sites for hydroxylation is 1. The van der Waals surface area contributed by atoms with E-state index in [2.05, 4.69) is 40.2 Å². The predicted molar refractivity (Wildman–Crippen MR) is 190 cm³/mol. The highest BCUT2D eigenvalue weighted by Crippen LogP contribution is 2.49. The van der Waals surface area contributed by atoms with Crippen LogP contribution in [0.15, 0.2) is 48.8 Å². The molecule has 5 aromatic rings. The fourth-order valence-corrected chi connectivity index (χ4v) is 8.93. The summed E-state index contributed by atoms with van der Waals surface area (Å²) < 4.78 is 29.7. The summed E-state index contributed by atoms with van der Waals surface area (Å²) in [5, 5.41) is 19.8. The Kier molecular flexibility index (Phi) is 7.78. The first-order valence-corrected chi connectivity index (χ1v) is 18.1. The summed E-state index contributed by atoms with van der Waals surface area (Å²) in [6.45, 7) is 7.69. The number of pyridine rings is 1. The number of ether oxygens (including phenoxy) is 2. The molecular formula is C39H44FN7O3. The van der Waals surface area contributed by atoms with Gasteiger partial charge >= 0.3 is 6.01 Å². The minimum atomic E-state index is -0.886. The molecule has 0 radical (unpaired) electrons. The highest BCUT2D eigenvalue weighted by molar-refractivity contribution is 6.00. The van der Waals surface area contributed by atoms with Crippen molar-refractivity contribution < 1.29 is 19.0 Å². The van der Waals surface area contributed by atoms with Crippen molar-refractivity contribution in [1.29, 1.82) is 0 Å². The Bertz CT molecular complexity index is 2070. The van der Waals surface area contributed by atoms with Gasteiger partial charge in [-0.05, 0) is 94.0 Å². The number of β-amino-alcohol motifs (C(OH)–C–C–N with tert-alkyl or cyclic N) is 1. The van der Waals surface area contributed by atoms with Crippen molar-refractivity contribution in [3.05, 3.63) is 71.3 Å². The maximum absolute atomic E-state index is 17.1. The quantitative estimate of drug-likeness (QED) is 0.172. The molecule has 0 bridgehead atoms. The number of rotatable bonds is 10. The standard InChI is InChI=1S/C39H44FN7O3/c1-24-16-30-28(19-42-45-30)32(31(24)26-10-11-26)35-33(40)34-29(18-41-35)36(46-14-6-12-38(2,48)22-46)44-37(43-34)50-23-39-13-7-15-47(39)27(17-39)21-49-20-25-8-4-3-5-9-25/h3-5,8-9,16,18-19,26-27,48H,6-7,10-15,17,20-23H2,1-2H3,(H,42,45)/t27?,38-,39?/m1/s1. The number of H-pyrrole nitrogens is 1. The van der Waals surface area contributed by atoms with Gasteiger partial charge in [0, 0.05) is 36.3 Å². The monoisotopic (exact) mass is 677 g/mol. The summed E-state index contributed by atoms with van der Waals surface area (Å²) in [6, 6.07) is 12.9. The van der Waals surface area contributed by atoms with E-state index in [0.29, 0.717) is 62.5 Å². The smallest absolute Gasteiger partial charge is 0.319 e. The molecule has 2 aromatic carbocycles. The summed E-state index contributed by atoms with van der Waals surface area (Å²) in [5.41, 5.74) is 4.52. The number of fused-ring (bicyclic) bond motifs is 3. The number of piperidine rings is 1. The van der Waals surface area contributed by atoms with Crippen LogP contribution in [0.1, 0.15) is 74.5 Å². The topological polar surface area (TPSA) is 113 Å². The molecule has 1 saturated carbocycles. The normalized spacial score (nSPS) is 25.3. The SMILES string of the molecule is Cc1cc2[nH]ncc2c(-c2ncc3c(N4CCC[C@@](C)(O)C4)nc(OCC45CCCN4C(COCc4ccccc4)C5)nc3c2F)c1C1CC1. The molecule has 11 heteroatoms. The Hall–Kier alpha value is -4.19. The molecule has 2 unspecified atom stereocenters. The second-order valence-corrected chi connectivity index (χ2v) is 15.3. The summed E-state index contributed by atoms with van der Waals surface area (Å²) in [6.07, 6.45) is 10.2. The Balaban J connectivity index is 1.05. The first kappa shape index (κ1) is 31.8. The molecule has 1 aliphatic carbocycles. The number of hydrogen-bond donors (Lipinski definition) is 2. The Morgan fingerprint density at radius 2 is 1.90 bits per heavy atom. The summed E-state index contributed by atoms with van der Waals surface area (Å²) in [4.78, 5) is 19.0. The lowest BCUT2D eigenvalue weighted by molar-refractivity contribution is -0.0990. The highest BCUT2D eigenvalue weighted by Gasteiger charge is 2.55. The van der Waals surface area contributed by atoms with E-state index in [4.69, 9.17) is 24.4 Å². The van der Waals surface area contributed by atoms with Crippen LogP contribution in [0.3, 0.4) is 0 Å². The zero-order valence-corrected chi connectivity index (χ0v) is 28.8. The number of halogens is 1. The van der Waals surface area contributed by atoms with Gasteiger partial charge in [0.15, 0.2) is 5.82 Å². The van der Waals surface area contributed by atoms with Gasteiger partial charge in [-0.3, -0.25) is 15.0 Å². The molecule has 6 heterocycles. The minimum Gasteiger partial charge on any atom is -0.461 e. The first-order valence-electron chi connectivity index (χ1n) is 18.1. The molecule has 3 aliphatic heterocycles. The van der Waals surface area contributed by atoms with Crippen LogP contribution in [0, 0.1) is 12.7 Å². The third kappa shape index (κ3) is 5.59. The highest BCUT2D eigenvalue weighted by atomic mass is 19.1. The van der Waals surface area contributed by atoms with Crippen molar-refractivity contribution in [2.75, 3.05) is 37.7 Å². The molecule has 9 rings (SSSR count). The molecule has 0 amide bonds. The maximum Gasteiger partial charge on any atom is 0.319 e. The number of benzene rings is 2. The predicted octanol–water partition coefficient (Wildman–Crippen LogP) is 6.45. The molecule has 10 nitrogen and oxygen atoms in total. The van der Waals surface area contributed by atoms with Crippen LogP contribution in [0.25, 0.3) is 33.1 Å². The summed E-state index contributed by atoms with van der Waals surface area (Å²) >= 11 is 0. The Morgan fingerprint density at radius 3 is 2.72 bits per heavy atom. The fourth-order valence-electron chi connectivity index (χ4n) is 8.93. The second-order valence-electron chi connectivity index (χ2n) is 15.3. The van der Waals surface area contributed by atoms with Crippen molar-refractivity contribution in [2.45, 2.75) is 88.5 Å². The van der Waals surface area contributed by atoms with Gasteiger partial charge in [0.25, 0.3) is 0 Å². The van der Waals surface area contributed by atoms with E-state index in [0.717, 1.165) is 72.7 Å². The lowest BCUT2D eigenvalue weighted by Gasteiger charge is -2.54. The number of anilines is 1. The molecular weight excluding hydrogens is 633 g/mol. The van der Waals surface area contributed by atoms with Crippen molar-refractivity contribution in [3.63, 3.8) is 0 Å². The lowest BCUT2D eigenvalue weighted by Crippen LogP contribution is -2.66. The zero-order valence-electron chi connectivity index (χ0n) is 28.8. The van der Waals surface area contributed by atoms with Crippen LogP contribution in [0.4, 0.5) is 10.2 Å². The van der Waals surface area contributed by atoms with Gasteiger partial charge in [0.05, 0.1) is 41.5 Å². The van der Waals surface area contributed by atoms with Gasteiger partial charge in [-0.1, -0.05) is 30.3 Å². The van der Waals surface area contributed by atoms with E-state index in [9.17, 15) is 5.11 Å².